The molecule has 88 valence electrons. The van der Waals surface area contributed by atoms with Crippen LogP contribution >= 0.6 is 0 Å². The number of nitrogens with zero attached hydrogens (tertiary/aromatic N) is 2. The molecule has 0 aromatic heterocycles. The highest BCUT2D eigenvalue weighted by molar-refractivity contribution is 5.79. The molecule has 4 heteroatoms. The monoisotopic (exact) mass is 221 g/mol. The van der Waals surface area contributed by atoms with E-state index in [9.17, 15) is 0 Å². The average molecular weight is 221 g/mol. The molecule has 0 aliphatic carbocycles. The van der Waals surface area contributed by atoms with Crippen molar-refractivity contribution in [2.24, 2.45) is 4.99 Å². The van der Waals surface area contributed by atoms with Crippen LogP contribution in [0.3, 0.4) is 0 Å². The van der Waals surface area contributed by atoms with Crippen molar-refractivity contribution in [3.63, 3.8) is 0 Å². The first-order valence-electron chi connectivity index (χ1n) is 5.31. The predicted molar refractivity (Wildman–Crippen MR) is 67.0 cm³/mol. The molecule has 0 saturated heterocycles. The van der Waals surface area contributed by atoms with Crippen LogP contribution in [0.1, 0.15) is 0 Å². The minimum Gasteiger partial charge on any atom is -0.492 e. The second-order valence-corrected chi connectivity index (χ2v) is 3.38. The SMILES string of the molecule is CN=C(NC)N(C)CCOc1ccccc1. The van der Waals surface area contributed by atoms with Crippen molar-refractivity contribution >= 4 is 5.96 Å². The van der Waals surface area contributed by atoms with Gasteiger partial charge in [0.05, 0.1) is 6.54 Å². The van der Waals surface area contributed by atoms with E-state index in [2.05, 4.69) is 10.3 Å². The largest absolute Gasteiger partial charge is 0.492 e. The highest BCUT2D eigenvalue weighted by Gasteiger charge is 2.02. The lowest BCUT2D eigenvalue weighted by Gasteiger charge is -2.20. The van der Waals surface area contributed by atoms with Crippen LogP contribution in [0, 0.1) is 0 Å². The van der Waals surface area contributed by atoms with Gasteiger partial charge in [0.2, 0.25) is 0 Å². The number of aliphatic imine (C=N–C) groups is 1. The van der Waals surface area contributed by atoms with E-state index in [1.54, 1.807) is 7.05 Å². The molecule has 4 nitrogen and oxygen atoms in total. The van der Waals surface area contributed by atoms with Gasteiger partial charge in [-0.1, -0.05) is 18.2 Å². The molecular weight excluding hydrogens is 202 g/mol. The molecule has 0 saturated carbocycles. The Morgan fingerprint density at radius 3 is 2.62 bits per heavy atom. The van der Waals surface area contributed by atoms with Crippen LogP contribution in [0.4, 0.5) is 0 Å². The fraction of sp³-hybridized carbons (Fsp3) is 0.417. The van der Waals surface area contributed by atoms with Crippen molar-refractivity contribution in [2.75, 3.05) is 34.3 Å². The maximum Gasteiger partial charge on any atom is 0.193 e. The number of para-hydroxylation sites is 1. The topological polar surface area (TPSA) is 36.9 Å². The highest BCUT2D eigenvalue weighted by atomic mass is 16.5. The van der Waals surface area contributed by atoms with Gasteiger partial charge in [-0.3, -0.25) is 4.99 Å². The number of benzene rings is 1. The molecule has 0 radical (unpaired) electrons. The fourth-order valence-electron chi connectivity index (χ4n) is 1.40. The molecule has 1 aromatic rings. The van der Waals surface area contributed by atoms with Crippen LogP contribution in [-0.2, 0) is 0 Å². The Hall–Kier alpha value is -1.71. The van der Waals surface area contributed by atoms with Gasteiger partial charge in [0.1, 0.15) is 12.4 Å². The van der Waals surface area contributed by atoms with Crippen LogP contribution in [0.5, 0.6) is 5.75 Å². The highest BCUT2D eigenvalue weighted by Crippen LogP contribution is 2.07. The van der Waals surface area contributed by atoms with Crippen LogP contribution < -0.4 is 10.1 Å². The van der Waals surface area contributed by atoms with E-state index in [0.29, 0.717) is 6.61 Å². The lowest BCUT2D eigenvalue weighted by Crippen LogP contribution is -2.38. The van der Waals surface area contributed by atoms with Crippen molar-refractivity contribution in [1.29, 1.82) is 0 Å². The molecule has 16 heavy (non-hydrogen) atoms. The Bertz CT molecular complexity index is 324. The van der Waals surface area contributed by atoms with E-state index >= 15 is 0 Å². The first-order valence-corrected chi connectivity index (χ1v) is 5.31. The zero-order chi connectivity index (χ0) is 11.8. The van der Waals surface area contributed by atoms with Crippen molar-refractivity contribution in [3.8, 4) is 5.75 Å². The zero-order valence-corrected chi connectivity index (χ0v) is 10.1. The predicted octanol–water partition coefficient (Wildman–Crippen LogP) is 1.20. The van der Waals surface area contributed by atoms with Gasteiger partial charge in [-0.25, -0.2) is 0 Å². The summed E-state index contributed by atoms with van der Waals surface area (Å²) >= 11 is 0. The molecule has 0 heterocycles. The van der Waals surface area contributed by atoms with Crippen LogP contribution in [0.15, 0.2) is 35.3 Å². The molecule has 0 aliphatic heterocycles. The van der Waals surface area contributed by atoms with Crippen LogP contribution in [-0.4, -0.2) is 45.2 Å². The first-order chi connectivity index (χ1) is 7.77. The number of hydrogen-bond donors (Lipinski definition) is 1. The van der Waals surface area contributed by atoms with Gasteiger partial charge in [0.25, 0.3) is 0 Å². The zero-order valence-electron chi connectivity index (χ0n) is 10.1. The molecular formula is C12H19N3O. The van der Waals surface area contributed by atoms with E-state index in [0.717, 1.165) is 18.3 Å². The van der Waals surface area contributed by atoms with Crippen LogP contribution in [0.2, 0.25) is 0 Å². The van der Waals surface area contributed by atoms with Gasteiger partial charge in [0, 0.05) is 21.1 Å². The van der Waals surface area contributed by atoms with Gasteiger partial charge < -0.3 is 15.0 Å². The third-order valence-corrected chi connectivity index (χ3v) is 2.24. The first kappa shape index (κ1) is 12.4. The Morgan fingerprint density at radius 1 is 1.38 bits per heavy atom. The summed E-state index contributed by atoms with van der Waals surface area (Å²) in [6, 6.07) is 9.80. The third-order valence-electron chi connectivity index (χ3n) is 2.24. The maximum absolute atomic E-state index is 5.59. The molecule has 0 spiro atoms. The van der Waals surface area contributed by atoms with Gasteiger partial charge in [-0.2, -0.15) is 0 Å². The molecule has 0 amide bonds. The minimum atomic E-state index is 0.640. The van der Waals surface area contributed by atoms with Gasteiger partial charge in [-0.15, -0.1) is 0 Å². The number of hydrogen-bond acceptors (Lipinski definition) is 2. The van der Waals surface area contributed by atoms with Gasteiger partial charge in [-0.05, 0) is 12.1 Å². The molecule has 1 rings (SSSR count). The number of rotatable bonds is 4. The summed E-state index contributed by atoms with van der Waals surface area (Å²) in [5.74, 6) is 1.76. The van der Waals surface area contributed by atoms with Gasteiger partial charge >= 0.3 is 0 Å². The summed E-state index contributed by atoms with van der Waals surface area (Å²) in [6.45, 7) is 1.43. The molecule has 0 atom stereocenters. The van der Waals surface area contributed by atoms with Crippen molar-refractivity contribution in [3.05, 3.63) is 30.3 Å². The maximum atomic E-state index is 5.59. The average Bonchev–Trinajstić information content (AvgIpc) is 2.32. The summed E-state index contributed by atoms with van der Waals surface area (Å²) in [5.41, 5.74) is 0. The van der Waals surface area contributed by atoms with E-state index in [1.165, 1.54) is 0 Å². The Balaban J connectivity index is 2.31. The molecule has 0 unspecified atom stereocenters. The Morgan fingerprint density at radius 2 is 2.06 bits per heavy atom. The molecule has 0 fully saturated rings. The summed E-state index contributed by atoms with van der Waals surface area (Å²) in [7, 11) is 5.60. The standard InChI is InChI=1S/C12H19N3O/c1-13-12(14-2)15(3)9-10-16-11-7-5-4-6-8-11/h4-8H,9-10H2,1-3H3,(H,13,14). The molecule has 0 aliphatic rings. The second-order valence-electron chi connectivity index (χ2n) is 3.38. The number of guanidine groups is 1. The number of likely N-dealkylation sites (N-methyl/N-ethyl adjacent to an activating group) is 1. The fourth-order valence-corrected chi connectivity index (χ4v) is 1.40. The number of ether oxygens (including phenoxy) is 1. The summed E-state index contributed by atoms with van der Waals surface area (Å²) in [5, 5.41) is 3.02. The van der Waals surface area contributed by atoms with E-state index in [-0.39, 0.29) is 0 Å². The molecule has 1 N–H and O–H groups in total. The van der Waals surface area contributed by atoms with E-state index in [4.69, 9.17) is 4.74 Å². The summed E-state index contributed by atoms with van der Waals surface area (Å²) in [4.78, 5) is 6.12. The molecule has 1 aromatic carbocycles. The van der Waals surface area contributed by atoms with Crippen molar-refractivity contribution < 1.29 is 4.74 Å². The lowest BCUT2D eigenvalue weighted by molar-refractivity contribution is 0.282. The quantitative estimate of drug-likeness (QED) is 0.613. The van der Waals surface area contributed by atoms with Crippen molar-refractivity contribution in [1.82, 2.24) is 10.2 Å². The number of nitrogens with one attached hydrogen (secondary N) is 1. The van der Waals surface area contributed by atoms with Crippen LogP contribution in [0.25, 0.3) is 0 Å². The normalized spacial score (nSPS) is 11.1. The second kappa shape index (κ2) is 6.71. The lowest BCUT2D eigenvalue weighted by atomic mass is 10.3. The summed E-state index contributed by atoms with van der Waals surface area (Å²) in [6.07, 6.45) is 0. The van der Waals surface area contributed by atoms with Crippen molar-refractivity contribution in [2.45, 2.75) is 0 Å². The molecule has 0 bridgehead atoms. The third kappa shape index (κ3) is 3.81. The Kier molecular flexibility index (Phi) is 5.19. The summed E-state index contributed by atoms with van der Waals surface area (Å²) < 4.78 is 5.59. The van der Waals surface area contributed by atoms with E-state index in [1.807, 2.05) is 49.3 Å². The van der Waals surface area contributed by atoms with Gasteiger partial charge in [0.15, 0.2) is 5.96 Å². The van der Waals surface area contributed by atoms with E-state index < -0.39 is 0 Å². The smallest absolute Gasteiger partial charge is 0.193 e. The Labute approximate surface area is 96.9 Å². The minimum absolute atomic E-state index is 0.640.